The number of benzene rings is 1. The lowest BCUT2D eigenvalue weighted by molar-refractivity contribution is -0.128. The van der Waals surface area contributed by atoms with Crippen molar-refractivity contribution in [3.05, 3.63) is 35.4 Å². The van der Waals surface area contributed by atoms with Crippen molar-refractivity contribution in [2.75, 3.05) is 13.2 Å². The molecule has 0 aliphatic carbocycles. The van der Waals surface area contributed by atoms with E-state index >= 15 is 0 Å². The smallest absolute Gasteiger partial charge is 0.223 e. The molecule has 1 saturated heterocycles. The van der Waals surface area contributed by atoms with Gasteiger partial charge in [-0.3, -0.25) is 4.79 Å². The molecular formula is C16H19NO2. The van der Waals surface area contributed by atoms with Crippen LogP contribution >= 0.6 is 0 Å². The lowest BCUT2D eigenvalue weighted by Crippen LogP contribution is -2.24. The van der Waals surface area contributed by atoms with E-state index < -0.39 is 0 Å². The summed E-state index contributed by atoms with van der Waals surface area (Å²) in [6.07, 6.45) is 1.13. The molecule has 1 aliphatic rings. The molecule has 2 rings (SSSR count). The molecule has 100 valence electrons. The summed E-state index contributed by atoms with van der Waals surface area (Å²) in [5, 5.41) is 8.75. The summed E-state index contributed by atoms with van der Waals surface area (Å²) in [4.78, 5) is 13.7. The molecule has 1 unspecified atom stereocenters. The summed E-state index contributed by atoms with van der Waals surface area (Å²) in [6, 6.07) is 7.89. The largest absolute Gasteiger partial charge is 0.395 e. The van der Waals surface area contributed by atoms with Crippen LogP contribution in [0.4, 0.5) is 0 Å². The van der Waals surface area contributed by atoms with Gasteiger partial charge in [0.15, 0.2) is 0 Å². The highest BCUT2D eigenvalue weighted by molar-refractivity contribution is 5.78. The number of aliphatic hydroxyl groups excluding tert-OH is 1. The monoisotopic (exact) mass is 257 g/mol. The Kier molecular flexibility index (Phi) is 4.59. The molecule has 1 amide bonds. The molecule has 3 heteroatoms. The Bertz CT molecular complexity index is 513. The van der Waals surface area contributed by atoms with E-state index in [-0.39, 0.29) is 12.5 Å². The first-order valence-corrected chi connectivity index (χ1v) is 6.66. The summed E-state index contributed by atoms with van der Waals surface area (Å²) in [5.41, 5.74) is 2.03. The number of carbonyl (C=O) groups is 1. The molecule has 1 aliphatic heterocycles. The predicted octanol–water partition coefficient (Wildman–Crippen LogP) is 1.79. The molecule has 0 saturated carbocycles. The number of aliphatic hydroxyl groups is 1. The molecule has 1 atom stereocenters. The first kappa shape index (κ1) is 13.6. The zero-order chi connectivity index (χ0) is 13.7. The highest BCUT2D eigenvalue weighted by Gasteiger charge is 2.26. The SMILES string of the molecule is CC1CC(=O)N(Cc2ccccc2C#CCCO)C1. The van der Waals surface area contributed by atoms with Gasteiger partial charge in [-0.05, 0) is 17.5 Å². The number of nitrogens with zero attached hydrogens (tertiary/aromatic N) is 1. The van der Waals surface area contributed by atoms with Gasteiger partial charge in [0.05, 0.1) is 6.61 Å². The van der Waals surface area contributed by atoms with Crippen molar-refractivity contribution in [1.29, 1.82) is 0 Å². The van der Waals surface area contributed by atoms with Gasteiger partial charge in [-0.15, -0.1) is 0 Å². The molecule has 1 fully saturated rings. The van der Waals surface area contributed by atoms with Crippen LogP contribution < -0.4 is 0 Å². The molecule has 1 heterocycles. The molecule has 1 N–H and O–H groups in total. The van der Waals surface area contributed by atoms with Gasteiger partial charge in [-0.25, -0.2) is 0 Å². The normalized spacial score (nSPS) is 18.3. The van der Waals surface area contributed by atoms with E-state index in [4.69, 9.17) is 5.11 Å². The molecular weight excluding hydrogens is 238 g/mol. The van der Waals surface area contributed by atoms with Crippen molar-refractivity contribution in [3.63, 3.8) is 0 Å². The van der Waals surface area contributed by atoms with Crippen LogP contribution in [0, 0.1) is 17.8 Å². The molecule has 1 aromatic rings. The van der Waals surface area contributed by atoms with Crippen LogP contribution in [0.5, 0.6) is 0 Å². The number of rotatable bonds is 3. The standard InChI is InChI=1S/C16H19NO2/c1-13-10-16(19)17(11-13)12-15-8-3-2-6-14(15)7-4-5-9-18/h2-3,6,8,13,18H,5,9-12H2,1H3. The fourth-order valence-electron chi connectivity index (χ4n) is 2.32. The minimum Gasteiger partial charge on any atom is -0.395 e. The summed E-state index contributed by atoms with van der Waals surface area (Å²) in [5.74, 6) is 6.67. The van der Waals surface area contributed by atoms with Crippen LogP contribution in [0.2, 0.25) is 0 Å². The average Bonchev–Trinajstić information content (AvgIpc) is 2.70. The van der Waals surface area contributed by atoms with Gasteiger partial charge in [-0.1, -0.05) is 37.0 Å². The molecule has 0 radical (unpaired) electrons. The molecule has 3 nitrogen and oxygen atoms in total. The van der Waals surface area contributed by atoms with Crippen LogP contribution in [-0.4, -0.2) is 29.1 Å². The fourth-order valence-corrected chi connectivity index (χ4v) is 2.32. The van der Waals surface area contributed by atoms with E-state index in [1.807, 2.05) is 29.2 Å². The Morgan fingerprint density at radius 3 is 2.89 bits per heavy atom. The average molecular weight is 257 g/mol. The van der Waals surface area contributed by atoms with Crippen LogP contribution in [0.3, 0.4) is 0 Å². The second kappa shape index (κ2) is 6.40. The van der Waals surface area contributed by atoms with Crippen molar-refractivity contribution >= 4 is 5.91 Å². The van der Waals surface area contributed by atoms with Gasteiger partial charge in [-0.2, -0.15) is 0 Å². The Morgan fingerprint density at radius 2 is 2.21 bits per heavy atom. The third-order valence-electron chi connectivity index (χ3n) is 3.25. The van der Waals surface area contributed by atoms with Crippen LogP contribution in [-0.2, 0) is 11.3 Å². The van der Waals surface area contributed by atoms with Crippen molar-refractivity contribution in [3.8, 4) is 11.8 Å². The second-order valence-corrected chi connectivity index (χ2v) is 5.02. The zero-order valence-electron chi connectivity index (χ0n) is 11.2. The lowest BCUT2D eigenvalue weighted by atomic mass is 10.1. The Hall–Kier alpha value is -1.79. The molecule has 0 bridgehead atoms. The van der Waals surface area contributed by atoms with Crippen molar-refractivity contribution in [2.24, 2.45) is 5.92 Å². The molecule has 0 aromatic heterocycles. The van der Waals surface area contributed by atoms with Gasteiger partial charge in [0.25, 0.3) is 0 Å². The quantitative estimate of drug-likeness (QED) is 0.839. The first-order valence-electron chi connectivity index (χ1n) is 6.66. The maximum Gasteiger partial charge on any atom is 0.223 e. The van der Waals surface area contributed by atoms with Gasteiger partial charge < -0.3 is 10.0 Å². The minimum absolute atomic E-state index is 0.0806. The van der Waals surface area contributed by atoms with E-state index in [9.17, 15) is 4.79 Å². The van der Waals surface area contributed by atoms with Gasteiger partial charge >= 0.3 is 0 Å². The van der Waals surface area contributed by atoms with Crippen molar-refractivity contribution in [2.45, 2.75) is 26.3 Å². The van der Waals surface area contributed by atoms with Gasteiger partial charge in [0.1, 0.15) is 0 Å². The first-order chi connectivity index (χ1) is 9.20. The lowest BCUT2D eigenvalue weighted by Gasteiger charge is -2.17. The van der Waals surface area contributed by atoms with Crippen LogP contribution in [0.1, 0.15) is 30.9 Å². The molecule has 1 aromatic carbocycles. The number of likely N-dealkylation sites (tertiary alicyclic amines) is 1. The van der Waals surface area contributed by atoms with E-state index in [1.54, 1.807) is 0 Å². The highest BCUT2D eigenvalue weighted by Crippen LogP contribution is 2.20. The zero-order valence-corrected chi connectivity index (χ0v) is 11.2. The Balaban J connectivity index is 2.12. The minimum atomic E-state index is 0.0806. The summed E-state index contributed by atoms with van der Waals surface area (Å²) in [6.45, 7) is 3.65. The van der Waals surface area contributed by atoms with E-state index in [2.05, 4.69) is 18.8 Å². The van der Waals surface area contributed by atoms with E-state index in [1.165, 1.54) is 0 Å². The van der Waals surface area contributed by atoms with Gasteiger partial charge in [0, 0.05) is 31.5 Å². The number of hydrogen-bond donors (Lipinski definition) is 1. The summed E-state index contributed by atoms with van der Waals surface area (Å²) < 4.78 is 0. The maximum absolute atomic E-state index is 11.8. The van der Waals surface area contributed by atoms with Crippen molar-refractivity contribution in [1.82, 2.24) is 4.90 Å². The van der Waals surface area contributed by atoms with E-state index in [0.717, 1.165) is 17.7 Å². The number of hydrogen-bond acceptors (Lipinski definition) is 2. The third kappa shape index (κ3) is 3.59. The predicted molar refractivity (Wildman–Crippen MR) is 74.2 cm³/mol. The second-order valence-electron chi connectivity index (χ2n) is 5.02. The van der Waals surface area contributed by atoms with E-state index in [0.29, 0.717) is 25.3 Å². The number of carbonyl (C=O) groups excluding carboxylic acids is 1. The highest BCUT2D eigenvalue weighted by atomic mass is 16.2. The maximum atomic E-state index is 11.8. The Labute approximate surface area is 114 Å². The molecule has 0 spiro atoms. The van der Waals surface area contributed by atoms with Crippen LogP contribution in [0.15, 0.2) is 24.3 Å². The topological polar surface area (TPSA) is 40.5 Å². The van der Waals surface area contributed by atoms with Gasteiger partial charge in [0.2, 0.25) is 5.91 Å². The van der Waals surface area contributed by atoms with Crippen LogP contribution in [0.25, 0.3) is 0 Å². The number of amides is 1. The summed E-state index contributed by atoms with van der Waals surface area (Å²) in [7, 11) is 0. The Morgan fingerprint density at radius 1 is 1.42 bits per heavy atom. The summed E-state index contributed by atoms with van der Waals surface area (Å²) >= 11 is 0. The van der Waals surface area contributed by atoms with Crippen molar-refractivity contribution < 1.29 is 9.90 Å². The third-order valence-corrected chi connectivity index (χ3v) is 3.25. The molecule has 19 heavy (non-hydrogen) atoms. The fraction of sp³-hybridized carbons (Fsp3) is 0.438.